The average Bonchev–Trinajstić information content (AvgIpc) is 2.27. The zero-order chi connectivity index (χ0) is 10.2. The van der Waals surface area contributed by atoms with Crippen molar-refractivity contribution in [3.63, 3.8) is 0 Å². The van der Waals surface area contributed by atoms with Gasteiger partial charge >= 0.3 is 0 Å². The summed E-state index contributed by atoms with van der Waals surface area (Å²) in [6.07, 6.45) is 1.23. The van der Waals surface area contributed by atoms with Gasteiger partial charge in [0, 0.05) is 6.54 Å². The highest BCUT2D eigenvalue weighted by Crippen LogP contribution is 2.32. The normalized spacial score (nSPS) is 19.9. The third-order valence-corrected chi connectivity index (χ3v) is 3.37. The number of aryl methyl sites for hydroxylation is 1. The second kappa shape index (κ2) is 3.39. The lowest BCUT2D eigenvalue weighted by atomic mass is 9.79. The van der Waals surface area contributed by atoms with Gasteiger partial charge in [0.1, 0.15) is 0 Å². The maximum absolute atomic E-state index is 3.50. The van der Waals surface area contributed by atoms with Crippen molar-refractivity contribution < 1.29 is 0 Å². The van der Waals surface area contributed by atoms with Gasteiger partial charge < -0.3 is 5.32 Å². The number of hydrogen-bond acceptors (Lipinski definition) is 1. The lowest BCUT2D eigenvalue weighted by molar-refractivity contribution is 0.477. The topological polar surface area (TPSA) is 12.0 Å². The third-order valence-electron chi connectivity index (χ3n) is 3.37. The fraction of sp³-hybridized carbons (Fsp3) is 0.538. The maximum Gasteiger partial charge on any atom is 0.0211 e. The fourth-order valence-corrected chi connectivity index (χ4v) is 2.32. The standard InChI is InChI=1S/C13H19N/c1-10-5-4-6-12-11(10)9-14-8-7-13(12,2)3/h4-6,14H,7-9H2,1-3H3. The van der Waals surface area contributed by atoms with Gasteiger partial charge in [-0.2, -0.15) is 0 Å². The molecule has 0 aliphatic carbocycles. The number of hydrogen-bond donors (Lipinski definition) is 1. The van der Waals surface area contributed by atoms with E-state index in [1.165, 1.54) is 23.1 Å². The minimum absolute atomic E-state index is 0.324. The Kier molecular flexibility index (Phi) is 2.36. The summed E-state index contributed by atoms with van der Waals surface area (Å²) in [6, 6.07) is 6.68. The highest BCUT2D eigenvalue weighted by molar-refractivity contribution is 5.39. The molecule has 0 radical (unpaired) electrons. The SMILES string of the molecule is Cc1cccc2c1CNCCC2(C)C. The van der Waals surface area contributed by atoms with Crippen LogP contribution >= 0.6 is 0 Å². The molecule has 1 aromatic rings. The highest BCUT2D eigenvalue weighted by atomic mass is 14.9. The van der Waals surface area contributed by atoms with E-state index >= 15 is 0 Å². The summed E-state index contributed by atoms with van der Waals surface area (Å²) < 4.78 is 0. The van der Waals surface area contributed by atoms with Crippen molar-refractivity contribution in [2.45, 2.75) is 39.2 Å². The molecule has 1 aliphatic rings. The number of benzene rings is 1. The molecule has 76 valence electrons. The van der Waals surface area contributed by atoms with Gasteiger partial charge in [-0.1, -0.05) is 32.0 Å². The molecule has 0 unspecified atom stereocenters. The molecule has 0 atom stereocenters. The van der Waals surface area contributed by atoms with Crippen LogP contribution in [0.3, 0.4) is 0 Å². The first-order chi connectivity index (χ1) is 6.61. The van der Waals surface area contributed by atoms with E-state index in [1.807, 2.05) is 0 Å². The van der Waals surface area contributed by atoms with Gasteiger partial charge in [0.05, 0.1) is 0 Å². The van der Waals surface area contributed by atoms with Crippen LogP contribution in [0.15, 0.2) is 18.2 Å². The van der Waals surface area contributed by atoms with E-state index in [2.05, 4.69) is 44.3 Å². The molecule has 1 heteroatoms. The van der Waals surface area contributed by atoms with Crippen LogP contribution in [0.25, 0.3) is 0 Å². The van der Waals surface area contributed by atoms with Crippen molar-refractivity contribution in [1.82, 2.24) is 5.32 Å². The van der Waals surface area contributed by atoms with E-state index in [1.54, 1.807) is 0 Å². The minimum atomic E-state index is 0.324. The third kappa shape index (κ3) is 1.57. The van der Waals surface area contributed by atoms with E-state index < -0.39 is 0 Å². The second-order valence-corrected chi connectivity index (χ2v) is 4.91. The van der Waals surface area contributed by atoms with Gasteiger partial charge in [0.25, 0.3) is 0 Å². The molecular weight excluding hydrogens is 170 g/mol. The molecule has 1 nitrogen and oxygen atoms in total. The van der Waals surface area contributed by atoms with Crippen LogP contribution in [0.1, 0.15) is 37.0 Å². The van der Waals surface area contributed by atoms with Gasteiger partial charge in [-0.15, -0.1) is 0 Å². The smallest absolute Gasteiger partial charge is 0.0211 e. The van der Waals surface area contributed by atoms with Crippen LogP contribution < -0.4 is 5.32 Å². The Bertz CT molecular complexity index is 339. The summed E-state index contributed by atoms with van der Waals surface area (Å²) in [6.45, 7) is 9.06. The molecule has 1 aromatic carbocycles. The minimum Gasteiger partial charge on any atom is -0.313 e. The molecular formula is C13H19N. The summed E-state index contributed by atoms with van der Waals surface area (Å²) in [4.78, 5) is 0. The predicted octanol–water partition coefficient (Wildman–Crippen LogP) is 2.77. The van der Waals surface area contributed by atoms with Crippen LogP contribution in [-0.2, 0) is 12.0 Å². The number of nitrogens with one attached hydrogen (secondary N) is 1. The first-order valence-corrected chi connectivity index (χ1v) is 5.41. The van der Waals surface area contributed by atoms with Crippen LogP contribution in [0.5, 0.6) is 0 Å². The molecule has 0 aromatic heterocycles. The largest absolute Gasteiger partial charge is 0.313 e. The van der Waals surface area contributed by atoms with Crippen molar-refractivity contribution in [1.29, 1.82) is 0 Å². The summed E-state index contributed by atoms with van der Waals surface area (Å²) >= 11 is 0. The molecule has 1 heterocycles. The van der Waals surface area contributed by atoms with E-state index in [0.717, 1.165) is 13.1 Å². The van der Waals surface area contributed by atoms with Gasteiger partial charge in [-0.05, 0) is 42.0 Å². The molecule has 14 heavy (non-hydrogen) atoms. The van der Waals surface area contributed by atoms with Crippen LogP contribution in [0.4, 0.5) is 0 Å². The van der Waals surface area contributed by atoms with Crippen LogP contribution in [-0.4, -0.2) is 6.54 Å². The maximum atomic E-state index is 3.50. The monoisotopic (exact) mass is 189 g/mol. The molecule has 0 saturated carbocycles. The Morgan fingerprint density at radius 1 is 1.29 bits per heavy atom. The summed E-state index contributed by atoms with van der Waals surface area (Å²) in [7, 11) is 0. The quantitative estimate of drug-likeness (QED) is 0.661. The van der Waals surface area contributed by atoms with Crippen molar-refractivity contribution in [3.8, 4) is 0 Å². The number of rotatable bonds is 0. The van der Waals surface area contributed by atoms with E-state index in [0.29, 0.717) is 5.41 Å². The Morgan fingerprint density at radius 3 is 2.86 bits per heavy atom. The summed E-state index contributed by atoms with van der Waals surface area (Å²) in [5.74, 6) is 0. The lowest BCUT2D eigenvalue weighted by Gasteiger charge is -2.25. The van der Waals surface area contributed by atoms with Crippen LogP contribution in [0.2, 0.25) is 0 Å². The van der Waals surface area contributed by atoms with Crippen molar-refractivity contribution >= 4 is 0 Å². The van der Waals surface area contributed by atoms with Crippen molar-refractivity contribution in [2.75, 3.05) is 6.54 Å². The van der Waals surface area contributed by atoms with E-state index in [9.17, 15) is 0 Å². The van der Waals surface area contributed by atoms with Gasteiger partial charge in [0.15, 0.2) is 0 Å². The molecule has 0 bridgehead atoms. The van der Waals surface area contributed by atoms with Crippen molar-refractivity contribution in [2.24, 2.45) is 0 Å². The second-order valence-electron chi connectivity index (χ2n) is 4.91. The molecule has 1 aliphatic heterocycles. The summed E-state index contributed by atoms with van der Waals surface area (Å²) in [5, 5.41) is 3.50. The molecule has 0 saturated heterocycles. The average molecular weight is 189 g/mol. The Morgan fingerprint density at radius 2 is 2.07 bits per heavy atom. The zero-order valence-corrected chi connectivity index (χ0v) is 9.35. The van der Waals surface area contributed by atoms with Gasteiger partial charge in [0.2, 0.25) is 0 Å². The molecule has 2 rings (SSSR count). The highest BCUT2D eigenvalue weighted by Gasteiger charge is 2.25. The zero-order valence-electron chi connectivity index (χ0n) is 9.35. The first-order valence-electron chi connectivity index (χ1n) is 5.41. The fourth-order valence-electron chi connectivity index (χ4n) is 2.32. The Hall–Kier alpha value is -0.820. The Labute approximate surface area is 86.5 Å². The molecule has 0 fully saturated rings. The van der Waals surface area contributed by atoms with Crippen LogP contribution in [0, 0.1) is 6.92 Å². The molecule has 0 amide bonds. The van der Waals surface area contributed by atoms with Crippen molar-refractivity contribution in [3.05, 3.63) is 34.9 Å². The number of fused-ring (bicyclic) bond motifs is 1. The van der Waals surface area contributed by atoms with Gasteiger partial charge in [-0.25, -0.2) is 0 Å². The van der Waals surface area contributed by atoms with E-state index in [4.69, 9.17) is 0 Å². The summed E-state index contributed by atoms with van der Waals surface area (Å²) in [5.41, 5.74) is 4.78. The first kappa shape index (κ1) is 9.72. The lowest BCUT2D eigenvalue weighted by Crippen LogP contribution is -2.20. The molecule has 1 N–H and O–H groups in total. The van der Waals surface area contributed by atoms with Gasteiger partial charge in [-0.3, -0.25) is 0 Å². The predicted molar refractivity (Wildman–Crippen MR) is 60.5 cm³/mol. The molecule has 0 spiro atoms. The van der Waals surface area contributed by atoms with E-state index in [-0.39, 0.29) is 0 Å². The Balaban J connectivity index is 2.56.